The van der Waals surface area contributed by atoms with E-state index in [1.807, 2.05) is 13.8 Å². The van der Waals surface area contributed by atoms with Crippen LogP contribution in [0.5, 0.6) is 0 Å². The van der Waals surface area contributed by atoms with E-state index in [-0.39, 0.29) is 5.92 Å². The molecule has 0 aromatic carbocycles. The Morgan fingerprint density at radius 3 is 2.62 bits per heavy atom. The zero-order chi connectivity index (χ0) is 10.0. The standard InChI is InChI=1S/C9H14N2O2/c1-5(9(12)13)4-8-6(2)10-11-7(8)3/h5H,4H2,1-3H3,(H,10,11)(H,12,13)/t5-/m0/s1. The van der Waals surface area contributed by atoms with Crippen LogP contribution in [0.1, 0.15) is 23.9 Å². The molecule has 72 valence electrons. The van der Waals surface area contributed by atoms with Gasteiger partial charge in [-0.1, -0.05) is 6.92 Å². The maximum absolute atomic E-state index is 10.6. The Hall–Kier alpha value is -1.32. The number of aliphatic carboxylic acids is 1. The first-order valence-electron chi connectivity index (χ1n) is 4.25. The van der Waals surface area contributed by atoms with Crippen LogP contribution in [-0.2, 0) is 11.2 Å². The van der Waals surface area contributed by atoms with Gasteiger partial charge in [-0.2, -0.15) is 5.10 Å². The number of rotatable bonds is 3. The van der Waals surface area contributed by atoms with Crippen molar-refractivity contribution in [3.63, 3.8) is 0 Å². The van der Waals surface area contributed by atoms with Gasteiger partial charge in [-0.05, 0) is 25.8 Å². The maximum Gasteiger partial charge on any atom is 0.306 e. The molecule has 4 nitrogen and oxygen atoms in total. The molecule has 0 aliphatic heterocycles. The van der Waals surface area contributed by atoms with E-state index in [0.29, 0.717) is 6.42 Å². The smallest absolute Gasteiger partial charge is 0.306 e. The molecule has 4 heteroatoms. The minimum Gasteiger partial charge on any atom is -0.481 e. The Balaban J connectivity index is 2.79. The average molecular weight is 182 g/mol. The molecule has 0 amide bonds. The highest BCUT2D eigenvalue weighted by Gasteiger charge is 2.15. The monoisotopic (exact) mass is 182 g/mol. The number of nitrogens with zero attached hydrogens (tertiary/aromatic N) is 1. The quantitative estimate of drug-likeness (QED) is 0.740. The largest absolute Gasteiger partial charge is 0.481 e. The van der Waals surface area contributed by atoms with Crippen LogP contribution >= 0.6 is 0 Å². The van der Waals surface area contributed by atoms with Crippen molar-refractivity contribution in [2.75, 3.05) is 0 Å². The van der Waals surface area contributed by atoms with Crippen molar-refractivity contribution < 1.29 is 9.90 Å². The molecule has 0 fully saturated rings. The molecule has 0 spiro atoms. The Bertz CT molecular complexity index is 298. The van der Waals surface area contributed by atoms with Gasteiger partial charge in [0.15, 0.2) is 0 Å². The van der Waals surface area contributed by atoms with Gasteiger partial charge in [0.1, 0.15) is 0 Å². The third kappa shape index (κ3) is 2.08. The van der Waals surface area contributed by atoms with E-state index in [4.69, 9.17) is 5.11 Å². The number of carboxylic acids is 1. The van der Waals surface area contributed by atoms with Gasteiger partial charge < -0.3 is 5.11 Å². The molecule has 0 aliphatic rings. The summed E-state index contributed by atoms with van der Waals surface area (Å²) in [5.74, 6) is -1.12. The van der Waals surface area contributed by atoms with E-state index >= 15 is 0 Å². The van der Waals surface area contributed by atoms with Gasteiger partial charge in [0.05, 0.1) is 11.6 Å². The summed E-state index contributed by atoms with van der Waals surface area (Å²) >= 11 is 0. The van der Waals surface area contributed by atoms with Crippen LogP contribution in [-0.4, -0.2) is 21.3 Å². The molecular formula is C9H14N2O2. The van der Waals surface area contributed by atoms with Crippen molar-refractivity contribution >= 4 is 5.97 Å². The van der Waals surface area contributed by atoms with Gasteiger partial charge in [-0.15, -0.1) is 0 Å². The Kier molecular flexibility index (Phi) is 2.70. The highest BCUT2D eigenvalue weighted by Crippen LogP contribution is 2.14. The van der Waals surface area contributed by atoms with Gasteiger partial charge in [-0.25, -0.2) is 0 Å². The summed E-state index contributed by atoms with van der Waals surface area (Å²) in [5.41, 5.74) is 2.88. The lowest BCUT2D eigenvalue weighted by Crippen LogP contribution is -2.13. The zero-order valence-electron chi connectivity index (χ0n) is 8.09. The lowest BCUT2D eigenvalue weighted by atomic mass is 10.00. The molecule has 1 aromatic rings. The summed E-state index contributed by atoms with van der Waals surface area (Å²) in [6.07, 6.45) is 0.545. The second kappa shape index (κ2) is 3.60. The third-order valence-electron chi connectivity index (χ3n) is 2.21. The van der Waals surface area contributed by atoms with E-state index in [0.717, 1.165) is 17.0 Å². The zero-order valence-corrected chi connectivity index (χ0v) is 8.09. The van der Waals surface area contributed by atoms with E-state index < -0.39 is 5.97 Å². The molecule has 1 heterocycles. The molecule has 0 unspecified atom stereocenters. The summed E-state index contributed by atoms with van der Waals surface area (Å²) in [5, 5.41) is 15.6. The van der Waals surface area contributed by atoms with Gasteiger partial charge in [0.25, 0.3) is 0 Å². The van der Waals surface area contributed by atoms with Gasteiger partial charge in [-0.3, -0.25) is 9.89 Å². The van der Waals surface area contributed by atoms with Gasteiger partial charge in [0.2, 0.25) is 0 Å². The number of aromatic amines is 1. The fourth-order valence-electron chi connectivity index (χ4n) is 1.27. The normalized spacial score (nSPS) is 12.8. The minimum atomic E-state index is -0.764. The van der Waals surface area contributed by atoms with Gasteiger partial charge in [0, 0.05) is 5.69 Å². The van der Waals surface area contributed by atoms with Crippen LogP contribution in [0.25, 0.3) is 0 Å². The number of aryl methyl sites for hydroxylation is 2. The summed E-state index contributed by atoms with van der Waals surface area (Å²) < 4.78 is 0. The molecule has 2 N–H and O–H groups in total. The highest BCUT2D eigenvalue weighted by atomic mass is 16.4. The predicted octanol–water partition coefficient (Wildman–Crippen LogP) is 1.29. The number of nitrogens with one attached hydrogen (secondary N) is 1. The predicted molar refractivity (Wildman–Crippen MR) is 48.6 cm³/mol. The average Bonchev–Trinajstić information content (AvgIpc) is 2.35. The van der Waals surface area contributed by atoms with Crippen molar-refractivity contribution in [2.24, 2.45) is 5.92 Å². The fourth-order valence-corrected chi connectivity index (χ4v) is 1.27. The molecular weight excluding hydrogens is 168 g/mol. The molecule has 1 rings (SSSR count). The number of aromatic nitrogens is 2. The van der Waals surface area contributed by atoms with E-state index in [2.05, 4.69) is 10.2 Å². The van der Waals surface area contributed by atoms with Crippen LogP contribution < -0.4 is 0 Å². The minimum absolute atomic E-state index is 0.352. The molecule has 0 saturated carbocycles. The molecule has 0 bridgehead atoms. The van der Waals surface area contributed by atoms with Crippen LogP contribution in [0.2, 0.25) is 0 Å². The molecule has 13 heavy (non-hydrogen) atoms. The van der Waals surface area contributed by atoms with E-state index in [9.17, 15) is 4.79 Å². The number of carboxylic acid groups (broad SMARTS) is 1. The summed E-state index contributed by atoms with van der Waals surface area (Å²) in [6, 6.07) is 0. The van der Waals surface area contributed by atoms with Crippen LogP contribution in [0.4, 0.5) is 0 Å². The van der Waals surface area contributed by atoms with Gasteiger partial charge >= 0.3 is 5.97 Å². The van der Waals surface area contributed by atoms with Crippen molar-refractivity contribution in [3.05, 3.63) is 17.0 Å². The third-order valence-corrected chi connectivity index (χ3v) is 2.21. The van der Waals surface area contributed by atoms with Crippen molar-refractivity contribution in [3.8, 4) is 0 Å². The first-order chi connectivity index (χ1) is 6.02. The Labute approximate surface area is 77.0 Å². The first-order valence-corrected chi connectivity index (χ1v) is 4.25. The summed E-state index contributed by atoms with van der Waals surface area (Å²) in [7, 11) is 0. The van der Waals surface area contributed by atoms with Crippen molar-refractivity contribution in [2.45, 2.75) is 27.2 Å². The second-order valence-corrected chi connectivity index (χ2v) is 3.36. The van der Waals surface area contributed by atoms with Crippen LogP contribution in [0.15, 0.2) is 0 Å². The molecule has 0 saturated heterocycles. The van der Waals surface area contributed by atoms with Crippen molar-refractivity contribution in [1.82, 2.24) is 10.2 Å². The summed E-state index contributed by atoms with van der Waals surface area (Å²) in [6.45, 7) is 5.49. The lowest BCUT2D eigenvalue weighted by Gasteiger charge is -2.05. The molecule has 0 aliphatic carbocycles. The van der Waals surface area contributed by atoms with Crippen molar-refractivity contribution in [1.29, 1.82) is 0 Å². The molecule has 0 radical (unpaired) electrons. The van der Waals surface area contributed by atoms with Crippen LogP contribution in [0, 0.1) is 19.8 Å². The first kappa shape index (κ1) is 9.77. The topological polar surface area (TPSA) is 66.0 Å². The lowest BCUT2D eigenvalue weighted by molar-refractivity contribution is -0.141. The number of hydrogen-bond acceptors (Lipinski definition) is 2. The number of hydrogen-bond donors (Lipinski definition) is 2. The Morgan fingerprint density at radius 1 is 1.62 bits per heavy atom. The molecule has 1 aromatic heterocycles. The maximum atomic E-state index is 10.6. The second-order valence-electron chi connectivity index (χ2n) is 3.36. The Morgan fingerprint density at radius 2 is 2.23 bits per heavy atom. The number of H-pyrrole nitrogens is 1. The van der Waals surface area contributed by atoms with E-state index in [1.54, 1.807) is 6.92 Å². The van der Waals surface area contributed by atoms with E-state index in [1.165, 1.54) is 0 Å². The fraction of sp³-hybridized carbons (Fsp3) is 0.556. The van der Waals surface area contributed by atoms with Crippen LogP contribution in [0.3, 0.4) is 0 Å². The SMILES string of the molecule is Cc1n[nH]c(C)c1C[C@H](C)C(=O)O. The number of carbonyl (C=O) groups is 1. The highest BCUT2D eigenvalue weighted by molar-refractivity contribution is 5.70. The molecule has 1 atom stereocenters. The summed E-state index contributed by atoms with van der Waals surface area (Å²) in [4.78, 5) is 10.6.